The highest BCUT2D eigenvalue weighted by Crippen LogP contribution is 2.24. The van der Waals surface area contributed by atoms with E-state index in [1.54, 1.807) is 24.2 Å². The van der Waals surface area contributed by atoms with E-state index in [9.17, 15) is 9.59 Å². The zero-order valence-electron chi connectivity index (χ0n) is 13.8. The van der Waals surface area contributed by atoms with Gasteiger partial charge in [0, 0.05) is 29.2 Å². The van der Waals surface area contributed by atoms with Gasteiger partial charge in [0.05, 0.1) is 7.11 Å². The number of amides is 1. The number of ether oxygens (including phenoxy) is 2. The third kappa shape index (κ3) is 5.67. The summed E-state index contributed by atoms with van der Waals surface area (Å²) < 4.78 is 11.2. The minimum Gasteiger partial charge on any atom is -0.496 e. The molecule has 6 heteroatoms. The third-order valence-corrected chi connectivity index (χ3v) is 4.38. The van der Waals surface area contributed by atoms with E-state index in [1.807, 2.05) is 12.1 Å². The summed E-state index contributed by atoms with van der Waals surface area (Å²) in [5.41, 5.74) is 0.752. The van der Waals surface area contributed by atoms with E-state index in [0.29, 0.717) is 5.75 Å². The molecule has 0 N–H and O–H groups in total. The Hall–Kier alpha value is -1.82. The van der Waals surface area contributed by atoms with Crippen molar-refractivity contribution in [3.63, 3.8) is 0 Å². The molecular weight excluding hydrogens is 374 g/mol. The van der Waals surface area contributed by atoms with Gasteiger partial charge in [0.25, 0.3) is 5.91 Å². The summed E-state index contributed by atoms with van der Waals surface area (Å²) in [6, 6.07) is 5.50. The lowest BCUT2D eigenvalue weighted by atomic mass is 10.2. The molecule has 1 fully saturated rings. The van der Waals surface area contributed by atoms with Crippen LogP contribution in [0.2, 0.25) is 0 Å². The molecule has 0 atom stereocenters. The Labute approximate surface area is 150 Å². The Bertz CT molecular complexity index is 607. The number of carbonyl (C=O) groups excluding carboxylic acids is 2. The largest absolute Gasteiger partial charge is 0.496 e. The van der Waals surface area contributed by atoms with E-state index in [-0.39, 0.29) is 12.5 Å². The molecule has 0 unspecified atom stereocenters. The average Bonchev–Trinajstić information content (AvgIpc) is 2.87. The molecule has 0 bridgehead atoms. The van der Waals surface area contributed by atoms with Gasteiger partial charge in [-0.3, -0.25) is 4.79 Å². The first-order valence-electron chi connectivity index (χ1n) is 8.06. The average molecular weight is 396 g/mol. The molecule has 1 amide bonds. The number of hydrogen-bond acceptors (Lipinski definition) is 4. The van der Waals surface area contributed by atoms with Crippen molar-refractivity contribution in [1.29, 1.82) is 0 Å². The van der Waals surface area contributed by atoms with Crippen molar-refractivity contribution in [2.24, 2.45) is 0 Å². The minimum absolute atomic E-state index is 0.126. The summed E-state index contributed by atoms with van der Waals surface area (Å²) in [7, 11) is 1.57. The van der Waals surface area contributed by atoms with Crippen LogP contribution in [0.5, 0.6) is 5.75 Å². The van der Waals surface area contributed by atoms with Crippen LogP contribution in [0.15, 0.2) is 28.7 Å². The lowest BCUT2D eigenvalue weighted by Crippen LogP contribution is -2.35. The number of likely N-dealkylation sites (tertiary alicyclic amines) is 1. The topological polar surface area (TPSA) is 55.8 Å². The molecule has 1 heterocycles. The monoisotopic (exact) mass is 395 g/mol. The number of esters is 1. The molecule has 1 aliphatic rings. The predicted octanol–water partition coefficient (Wildman–Crippen LogP) is 3.42. The second kappa shape index (κ2) is 9.47. The van der Waals surface area contributed by atoms with Gasteiger partial charge in [-0.25, -0.2) is 4.79 Å². The van der Waals surface area contributed by atoms with E-state index in [4.69, 9.17) is 9.47 Å². The molecule has 0 aromatic heterocycles. The van der Waals surface area contributed by atoms with E-state index in [0.717, 1.165) is 48.8 Å². The van der Waals surface area contributed by atoms with Crippen LogP contribution in [0.25, 0.3) is 6.08 Å². The fourth-order valence-corrected chi connectivity index (χ4v) is 2.96. The van der Waals surface area contributed by atoms with Crippen LogP contribution in [0.3, 0.4) is 0 Å². The van der Waals surface area contributed by atoms with Crippen molar-refractivity contribution in [3.05, 3.63) is 34.3 Å². The minimum atomic E-state index is -0.541. The van der Waals surface area contributed by atoms with Gasteiger partial charge in [0.15, 0.2) is 6.61 Å². The molecule has 130 valence electrons. The summed E-state index contributed by atoms with van der Waals surface area (Å²) in [5.74, 6) is -0.0122. The molecule has 1 aromatic carbocycles. The molecule has 5 nitrogen and oxygen atoms in total. The Morgan fingerprint density at radius 1 is 1.21 bits per heavy atom. The number of methoxy groups -OCH3 is 1. The highest BCUT2D eigenvalue weighted by atomic mass is 79.9. The number of halogens is 1. The van der Waals surface area contributed by atoms with Crippen LogP contribution in [0.1, 0.15) is 31.2 Å². The lowest BCUT2D eigenvalue weighted by Gasteiger charge is -2.19. The number of benzene rings is 1. The first-order chi connectivity index (χ1) is 11.6. The Morgan fingerprint density at radius 2 is 1.92 bits per heavy atom. The number of rotatable bonds is 5. The van der Waals surface area contributed by atoms with E-state index < -0.39 is 5.97 Å². The Morgan fingerprint density at radius 3 is 2.58 bits per heavy atom. The molecule has 1 saturated heterocycles. The van der Waals surface area contributed by atoms with Crippen molar-refractivity contribution < 1.29 is 19.1 Å². The first-order valence-corrected chi connectivity index (χ1v) is 8.85. The smallest absolute Gasteiger partial charge is 0.331 e. The number of nitrogens with zero attached hydrogens (tertiary/aromatic N) is 1. The van der Waals surface area contributed by atoms with E-state index in [1.165, 1.54) is 6.08 Å². The molecule has 1 aromatic rings. The molecule has 0 radical (unpaired) electrons. The highest BCUT2D eigenvalue weighted by molar-refractivity contribution is 9.10. The van der Waals surface area contributed by atoms with Crippen LogP contribution in [0.4, 0.5) is 0 Å². The summed E-state index contributed by atoms with van der Waals surface area (Å²) in [6.45, 7) is 1.29. The first kappa shape index (κ1) is 18.5. The molecule has 24 heavy (non-hydrogen) atoms. The highest BCUT2D eigenvalue weighted by Gasteiger charge is 2.16. The molecule has 0 aliphatic carbocycles. The Balaban J connectivity index is 1.86. The summed E-state index contributed by atoms with van der Waals surface area (Å²) in [5, 5.41) is 0. The maximum absolute atomic E-state index is 12.1. The summed E-state index contributed by atoms with van der Waals surface area (Å²) in [4.78, 5) is 25.7. The van der Waals surface area contributed by atoms with Crippen LogP contribution in [-0.2, 0) is 14.3 Å². The SMILES string of the molecule is COc1ccc(Br)cc1/C=C/C(=O)OCC(=O)N1CCCCCC1. The number of carbonyl (C=O) groups is 2. The summed E-state index contributed by atoms with van der Waals surface area (Å²) >= 11 is 3.38. The zero-order valence-corrected chi connectivity index (χ0v) is 15.4. The quantitative estimate of drug-likeness (QED) is 0.566. The van der Waals surface area contributed by atoms with Gasteiger partial charge in [0.2, 0.25) is 0 Å². The maximum atomic E-state index is 12.1. The molecule has 2 rings (SSSR count). The van der Waals surface area contributed by atoms with Crippen molar-refractivity contribution in [1.82, 2.24) is 4.90 Å². The third-order valence-electron chi connectivity index (χ3n) is 3.89. The zero-order chi connectivity index (χ0) is 17.4. The number of hydrogen-bond donors (Lipinski definition) is 0. The van der Waals surface area contributed by atoms with Gasteiger partial charge in [0.1, 0.15) is 5.75 Å². The van der Waals surface area contributed by atoms with Gasteiger partial charge >= 0.3 is 5.97 Å². The van der Waals surface area contributed by atoms with Crippen LogP contribution < -0.4 is 4.74 Å². The fraction of sp³-hybridized carbons (Fsp3) is 0.444. The van der Waals surface area contributed by atoms with Crippen LogP contribution in [-0.4, -0.2) is 43.6 Å². The standard InChI is InChI=1S/C18H22BrNO4/c1-23-16-8-7-15(19)12-14(16)6-9-18(22)24-13-17(21)20-10-4-2-3-5-11-20/h6-9,12H,2-5,10-11,13H2,1H3/b9-6+. The maximum Gasteiger partial charge on any atom is 0.331 e. The molecule has 0 saturated carbocycles. The second-order valence-electron chi connectivity index (χ2n) is 5.62. The Kier molecular flexibility index (Phi) is 7.31. The van der Waals surface area contributed by atoms with Crippen molar-refractivity contribution >= 4 is 33.9 Å². The van der Waals surface area contributed by atoms with Gasteiger partial charge in [-0.1, -0.05) is 28.8 Å². The van der Waals surface area contributed by atoms with Gasteiger partial charge in [-0.2, -0.15) is 0 Å². The van der Waals surface area contributed by atoms with E-state index >= 15 is 0 Å². The van der Waals surface area contributed by atoms with E-state index in [2.05, 4.69) is 15.9 Å². The van der Waals surface area contributed by atoms with Crippen molar-refractivity contribution in [3.8, 4) is 5.75 Å². The van der Waals surface area contributed by atoms with Crippen LogP contribution >= 0.6 is 15.9 Å². The lowest BCUT2D eigenvalue weighted by molar-refractivity contribution is -0.148. The second-order valence-corrected chi connectivity index (χ2v) is 6.54. The van der Waals surface area contributed by atoms with Gasteiger partial charge < -0.3 is 14.4 Å². The van der Waals surface area contributed by atoms with Crippen molar-refractivity contribution in [2.75, 3.05) is 26.8 Å². The molecular formula is C18H22BrNO4. The van der Waals surface area contributed by atoms with Crippen LogP contribution in [0, 0.1) is 0 Å². The molecule has 1 aliphatic heterocycles. The van der Waals surface area contributed by atoms with Gasteiger partial charge in [-0.05, 0) is 37.1 Å². The van der Waals surface area contributed by atoms with Crippen molar-refractivity contribution in [2.45, 2.75) is 25.7 Å². The molecule has 0 spiro atoms. The normalized spacial score (nSPS) is 15.2. The fourth-order valence-electron chi connectivity index (χ4n) is 2.59. The van der Waals surface area contributed by atoms with Gasteiger partial charge in [-0.15, -0.1) is 0 Å². The summed E-state index contributed by atoms with van der Waals surface area (Å²) in [6.07, 6.45) is 7.26. The predicted molar refractivity (Wildman–Crippen MR) is 95.7 cm³/mol.